The van der Waals surface area contributed by atoms with Gasteiger partial charge < -0.3 is 0 Å². The summed E-state index contributed by atoms with van der Waals surface area (Å²) in [6, 6.07) is 22.7. The molecule has 0 unspecified atom stereocenters. The van der Waals surface area contributed by atoms with E-state index in [1.165, 1.54) is 12.1 Å². The topological polar surface area (TPSA) is 194 Å². The van der Waals surface area contributed by atoms with Crippen molar-refractivity contribution in [3.05, 3.63) is 128 Å². The van der Waals surface area contributed by atoms with Crippen LogP contribution in [-0.4, -0.2) is 31.6 Å². The third-order valence-corrected chi connectivity index (χ3v) is 5.47. The lowest BCUT2D eigenvalue weighted by molar-refractivity contribution is -0.384. The van der Waals surface area contributed by atoms with E-state index >= 15 is 0 Å². The van der Waals surface area contributed by atoms with E-state index in [9.17, 15) is 29.8 Å². The number of anilines is 2. The van der Waals surface area contributed by atoms with E-state index in [1.807, 2.05) is 12.1 Å². The van der Waals surface area contributed by atoms with E-state index in [2.05, 4.69) is 31.7 Å². The zero-order chi connectivity index (χ0) is 27.8. The normalized spacial score (nSPS) is 10.4. The number of amides is 2. The van der Waals surface area contributed by atoms with E-state index in [0.29, 0.717) is 11.1 Å². The number of hydrogen-bond donors (Lipinski definition) is 4. The summed E-state index contributed by atoms with van der Waals surface area (Å²) >= 11 is 0. The van der Waals surface area contributed by atoms with Gasteiger partial charge in [-0.1, -0.05) is 60.7 Å². The highest BCUT2D eigenvalue weighted by Crippen LogP contribution is 2.29. The molecule has 4 N–H and O–H groups in total. The number of nitrogens with one attached hydrogen (secondary N) is 4. The van der Waals surface area contributed by atoms with Crippen molar-refractivity contribution in [1.29, 1.82) is 0 Å². The van der Waals surface area contributed by atoms with Crippen LogP contribution >= 0.6 is 0 Å². The molecule has 0 atom stereocenters. The number of nitro benzene ring substituents is 1. The van der Waals surface area contributed by atoms with Crippen molar-refractivity contribution in [2.75, 3.05) is 10.9 Å². The highest BCUT2D eigenvalue weighted by Gasteiger charge is 2.26. The smallest absolute Gasteiger partial charge is 0.276 e. The van der Waals surface area contributed by atoms with Crippen molar-refractivity contribution < 1.29 is 19.4 Å². The predicted octanol–water partition coefficient (Wildman–Crippen LogP) is 3.33. The molecule has 14 heteroatoms. The maximum absolute atomic E-state index is 13.2. The lowest BCUT2D eigenvalue weighted by atomic mass is 9.91. The van der Waals surface area contributed by atoms with Crippen molar-refractivity contribution >= 4 is 34.8 Å². The van der Waals surface area contributed by atoms with E-state index in [-0.39, 0.29) is 22.9 Å². The monoisotopic (exact) mass is 528 g/mol. The van der Waals surface area contributed by atoms with Crippen molar-refractivity contribution in [3.8, 4) is 0 Å². The molecule has 0 radical (unpaired) electrons. The van der Waals surface area contributed by atoms with Crippen molar-refractivity contribution in [1.82, 2.24) is 20.8 Å². The Labute approximate surface area is 220 Å². The third kappa shape index (κ3) is 6.26. The molecule has 4 rings (SSSR count). The summed E-state index contributed by atoms with van der Waals surface area (Å²) in [5.41, 5.74) is 10.2. The lowest BCUT2D eigenvalue weighted by Gasteiger charge is -2.18. The average Bonchev–Trinajstić information content (AvgIpc) is 2.96. The molecule has 0 bridgehead atoms. The highest BCUT2D eigenvalue weighted by atomic mass is 16.6. The van der Waals surface area contributed by atoms with Gasteiger partial charge in [0.15, 0.2) is 0 Å². The Bertz CT molecular complexity index is 1460. The summed E-state index contributed by atoms with van der Waals surface area (Å²) in [4.78, 5) is 54.5. The first-order valence-corrected chi connectivity index (χ1v) is 11.3. The van der Waals surface area contributed by atoms with Crippen LogP contribution in [0.5, 0.6) is 0 Å². The molecule has 0 saturated heterocycles. The number of hydrazine groups is 2. The van der Waals surface area contributed by atoms with Crippen LogP contribution in [0.25, 0.3) is 0 Å². The average molecular weight is 528 g/mol. The van der Waals surface area contributed by atoms with Crippen molar-refractivity contribution in [2.24, 2.45) is 0 Å². The van der Waals surface area contributed by atoms with Gasteiger partial charge in [0, 0.05) is 17.7 Å². The van der Waals surface area contributed by atoms with Crippen molar-refractivity contribution in [2.45, 2.75) is 5.92 Å². The Kier molecular flexibility index (Phi) is 7.96. The van der Waals surface area contributed by atoms with E-state index in [4.69, 9.17) is 0 Å². The minimum absolute atomic E-state index is 0.0586. The molecule has 0 aliphatic carbocycles. The molecule has 196 valence electrons. The molecule has 0 aliphatic heterocycles. The number of carbonyl (C=O) groups is 2. The van der Waals surface area contributed by atoms with Gasteiger partial charge >= 0.3 is 5.69 Å². The number of nitro groups is 2. The van der Waals surface area contributed by atoms with Gasteiger partial charge in [-0.05, 0) is 23.3 Å². The zero-order valence-electron chi connectivity index (χ0n) is 20.0. The molecule has 14 nitrogen and oxygen atoms in total. The second-order valence-electron chi connectivity index (χ2n) is 7.93. The molecule has 1 heterocycles. The first-order valence-electron chi connectivity index (χ1n) is 11.3. The Balaban J connectivity index is 1.50. The number of nitrogens with zero attached hydrogens (tertiary/aromatic N) is 4. The second kappa shape index (κ2) is 11.9. The van der Waals surface area contributed by atoms with Crippen LogP contribution < -0.4 is 21.7 Å². The molecule has 39 heavy (non-hydrogen) atoms. The van der Waals surface area contributed by atoms with Gasteiger partial charge in [-0.15, -0.1) is 0 Å². The van der Waals surface area contributed by atoms with Crippen LogP contribution in [0.3, 0.4) is 0 Å². The van der Waals surface area contributed by atoms with Gasteiger partial charge in [0.2, 0.25) is 17.5 Å². The summed E-state index contributed by atoms with van der Waals surface area (Å²) in [6.45, 7) is 0. The standard InChI is InChI=1S/C25H20N8O6/c34-24(18-11-13-19(14-12-18)32(36)37)30-28-22-21(33(38)39)23(27-15-26-22)29-31-25(35)20(16-7-3-1-4-8-16)17-9-5-2-6-10-17/h1-15,20H,(H,30,34)(H,31,35)(H2,26,27,28,29). The number of non-ortho nitro benzene ring substituents is 1. The Morgan fingerprint density at radius 3 is 1.69 bits per heavy atom. The van der Waals surface area contributed by atoms with Crippen LogP contribution in [0, 0.1) is 20.2 Å². The van der Waals surface area contributed by atoms with Crippen molar-refractivity contribution in [3.63, 3.8) is 0 Å². The summed E-state index contributed by atoms with van der Waals surface area (Å²) in [5, 5.41) is 22.6. The van der Waals surface area contributed by atoms with Crippen LogP contribution in [0.15, 0.2) is 91.3 Å². The fraction of sp³-hybridized carbons (Fsp3) is 0.0400. The van der Waals surface area contributed by atoms with E-state index < -0.39 is 33.3 Å². The quantitative estimate of drug-likeness (QED) is 0.175. The Hall–Kier alpha value is -5.92. The number of hydrogen-bond acceptors (Lipinski definition) is 10. The third-order valence-electron chi connectivity index (χ3n) is 5.47. The molecule has 0 spiro atoms. The summed E-state index contributed by atoms with van der Waals surface area (Å²) < 4.78 is 0. The molecular formula is C25H20N8O6. The molecule has 2 amide bonds. The minimum Gasteiger partial charge on any atom is -0.276 e. The van der Waals surface area contributed by atoms with Gasteiger partial charge in [0.05, 0.1) is 15.8 Å². The van der Waals surface area contributed by atoms with Crippen LogP contribution in [-0.2, 0) is 4.79 Å². The first-order chi connectivity index (χ1) is 18.8. The Morgan fingerprint density at radius 1 is 0.692 bits per heavy atom. The van der Waals surface area contributed by atoms with Gasteiger partial charge in [0.25, 0.3) is 11.6 Å². The van der Waals surface area contributed by atoms with E-state index in [1.54, 1.807) is 48.5 Å². The number of aromatic nitrogens is 2. The van der Waals surface area contributed by atoms with E-state index in [0.717, 1.165) is 18.5 Å². The first kappa shape index (κ1) is 26.2. The number of rotatable bonds is 10. The van der Waals surface area contributed by atoms with Gasteiger partial charge in [-0.3, -0.25) is 51.5 Å². The van der Waals surface area contributed by atoms with Gasteiger partial charge in [-0.2, -0.15) is 0 Å². The fourth-order valence-corrected chi connectivity index (χ4v) is 3.64. The highest BCUT2D eigenvalue weighted by molar-refractivity contribution is 5.95. The molecular weight excluding hydrogens is 508 g/mol. The fourth-order valence-electron chi connectivity index (χ4n) is 3.64. The molecule has 0 aliphatic rings. The van der Waals surface area contributed by atoms with Crippen LogP contribution in [0.4, 0.5) is 23.0 Å². The maximum atomic E-state index is 13.2. The molecule has 3 aromatic carbocycles. The second-order valence-corrected chi connectivity index (χ2v) is 7.93. The van der Waals surface area contributed by atoms with Gasteiger partial charge in [0.1, 0.15) is 6.33 Å². The zero-order valence-corrected chi connectivity index (χ0v) is 20.0. The SMILES string of the molecule is O=C(NNc1ncnc(NNC(=O)C(c2ccccc2)c2ccccc2)c1[N+](=O)[O-])c1ccc([N+](=O)[O-])cc1. The lowest BCUT2D eigenvalue weighted by Crippen LogP contribution is -2.35. The molecule has 0 saturated carbocycles. The largest absolute Gasteiger partial charge is 0.356 e. The number of carbonyl (C=O) groups excluding carboxylic acids is 2. The molecule has 0 fully saturated rings. The minimum atomic E-state index is -0.791. The summed E-state index contributed by atoms with van der Waals surface area (Å²) in [7, 11) is 0. The predicted molar refractivity (Wildman–Crippen MR) is 139 cm³/mol. The summed E-state index contributed by atoms with van der Waals surface area (Å²) in [5.74, 6) is -2.66. The van der Waals surface area contributed by atoms with Gasteiger partial charge in [-0.25, -0.2) is 9.97 Å². The van der Waals surface area contributed by atoms with Crippen LogP contribution in [0.2, 0.25) is 0 Å². The number of benzene rings is 3. The summed E-state index contributed by atoms with van der Waals surface area (Å²) in [6.07, 6.45) is 0.994. The van der Waals surface area contributed by atoms with Crippen LogP contribution in [0.1, 0.15) is 27.4 Å². The Morgan fingerprint density at radius 2 is 1.21 bits per heavy atom. The maximum Gasteiger partial charge on any atom is 0.356 e. The molecule has 1 aromatic heterocycles. The molecule has 4 aromatic rings.